The summed E-state index contributed by atoms with van der Waals surface area (Å²) in [5.41, 5.74) is 1.43. The van der Waals surface area contributed by atoms with E-state index in [9.17, 15) is 9.18 Å². The first-order chi connectivity index (χ1) is 9.65. The van der Waals surface area contributed by atoms with Crippen LogP contribution in [-0.2, 0) is 0 Å². The van der Waals surface area contributed by atoms with Crippen LogP contribution in [0.2, 0.25) is 0 Å². The minimum Gasteiger partial charge on any atom is -0.288 e. The maximum absolute atomic E-state index is 13.9. The van der Waals surface area contributed by atoms with Crippen LogP contribution in [0, 0.1) is 12.7 Å². The van der Waals surface area contributed by atoms with Gasteiger partial charge in [-0.3, -0.25) is 4.79 Å². The van der Waals surface area contributed by atoms with Gasteiger partial charge < -0.3 is 0 Å². The van der Waals surface area contributed by atoms with Crippen molar-refractivity contribution in [2.24, 2.45) is 0 Å². The summed E-state index contributed by atoms with van der Waals surface area (Å²) in [7, 11) is 0. The zero-order valence-electron chi connectivity index (χ0n) is 11.1. The Kier molecular flexibility index (Phi) is 3.07. The Bertz CT molecular complexity index is 805. The van der Waals surface area contributed by atoms with Crippen molar-refractivity contribution in [1.82, 2.24) is 0 Å². The van der Waals surface area contributed by atoms with Crippen molar-refractivity contribution in [2.45, 2.75) is 6.92 Å². The maximum Gasteiger partial charge on any atom is 0.195 e. The molecule has 3 aromatic rings. The van der Waals surface area contributed by atoms with Gasteiger partial charge in [0.15, 0.2) is 5.78 Å². The van der Waals surface area contributed by atoms with Gasteiger partial charge in [0.25, 0.3) is 0 Å². The zero-order valence-corrected chi connectivity index (χ0v) is 11.1. The Morgan fingerprint density at radius 1 is 0.900 bits per heavy atom. The molecule has 98 valence electrons. The Morgan fingerprint density at radius 3 is 2.40 bits per heavy atom. The highest BCUT2D eigenvalue weighted by atomic mass is 19.1. The van der Waals surface area contributed by atoms with Crippen molar-refractivity contribution >= 4 is 16.6 Å². The van der Waals surface area contributed by atoms with Crippen LogP contribution in [0.5, 0.6) is 0 Å². The van der Waals surface area contributed by atoms with Gasteiger partial charge in [0, 0.05) is 5.56 Å². The molecule has 0 fully saturated rings. The molecule has 2 heteroatoms. The number of rotatable bonds is 2. The minimum absolute atomic E-state index is 0.117. The molecule has 0 aliphatic heterocycles. The van der Waals surface area contributed by atoms with Gasteiger partial charge in [-0.05, 0) is 41.5 Å². The highest BCUT2D eigenvalue weighted by Crippen LogP contribution is 2.20. The lowest BCUT2D eigenvalue weighted by Gasteiger charge is -2.05. The molecule has 3 rings (SSSR count). The molecule has 0 saturated carbocycles. The number of benzene rings is 3. The highest BCUT2D eigenvalue weighted by Gasteiger charge is 2.14. The van der Waals surface area contributed by atoms with E-state index < -0.39 is 5.82 Å². The smallest absolute Gasteiger partial charge is 0.195 e. The Balaban J connectivity index is 2.08. The molecule has 0 N–H and O–H groups in total. The van der Waals surface area contributed by atoms with Crippen molar-refractivity contribution in [3.8, 4) is 0 Å². The number of ketones is 1. The fraction of sp³-hybridized carbons (Fsp3) is 0.0556. The summed E-state index contributed by atoms with van der Waals surface area (Å²) >= 11 is 0. The lowest BCUT2D eigenvalue weighted by atomic mass is 9.99. The first-order valence-electron chi connectivity index (χ1n) is 6.45. The number of hydrogen-bond acceptors (Lipinski definition) is 1. The molecule has 0 unspecified atom stereocenters. The Hall–Kier alpha value is -2.48. The van der Waals surface area contributed by atoms with Crippen molar-refractivity contribution in [3.05, 3.63) is 83.2 Å². The molecule has 0 atom stereocenters. The lowest BCUT2D eigenvalue weighted by Crippen LogP contribution is -2.04. The summed E-state index contributed by atoms with van der Waals surface area (Å²) < 4.78 is 13.9. The largest absolute Gasteiger partial charge is 0.288 e. The Morgan fingerprint density at radius 2 is 1.65 bits per heavy atom. The molecule has 0 radical (unpaired) electrons. The molecular weight excluding hydrogens is 251 g/mol. The van der Waals surface area contributed by atoms with Crippen LogP contribution in [0.1, 0.15) is 21.5 Å². The first-order valence-corrected chi connectivity index (χ1v) is 6.45. The predicted molar refractivity (Wildman–Crippen MR) is 78.5 cm³/mol. The number of halogens is 1. The summed E-state index contributed by atoms with van der Waals surface area (Å²) in [4.78, 5) is 12.4. The monoisotopic (exact) mass is 264 g/mol. The van der Waals surface area contributed by atoms with E-state index in [0.717, 1.165) is 16.3 Å². The second-order valence-electron chi connectivity index (χ2n) is 4.87. The molecule has 0 aromatic heterocycles. The summed E-state index contributed by atoms with van der Waals surface area (Å²) in [6.45, 7) is 1.80. The molecule has 0 spiro atoms. The maximum atomic E-state index is 13.9. The van der Waals surface area contributed by atoms with E-state index in [0.29, 0.717) is 5.56 Å². The molecule has 0 bridgehead atoms. The average molecular weight is 264 g/mol. The molecule has 20 heavy (non-hydrogen) atoms. The number of carbonyl (C=O) groups excluding carboxylic acids is 1. The third-order valence-electron chi connectivity index (χ3n) is 3.38. The van der Waals surface area contributed by atoms with Gasteiger partial charge >= 0.3 is 0 Å². The van der Waals surface area contributed by atoms with Gasteiger partial charge in [-0.1, -0.05) is 42.5 Å². The lowest BCUT2D eigenvalue weighted by molar-refractivity contribution is 0.103. The van der Waals surface area contributed by atoms with Crippen LogP contribution in [0.3, 0.4) is 0 Å². The Labute approximate surface area is 116 Å². The molecular formula is C18H13FO. The fourth-order valence-electron chi connectivity index (χ4n) is 2.29. The third-order valence-corrected chi connectivity index (χ3v) is 3.38. The number of aryl methyl sites for hydroxylation is 1. The molecule has 1 nitrogen and oxygen atoms in total. The molecule has 3 aromatic carbocycles. The van der Waals surface area contributed by atoms with Crippen LogP contribution >= 0.6 is 0 Å². The molecule has 0 saturated heterocycles. The summed E-state index contributed by atoms with van der Waals surface area (Å²) in [5.74, 6) is -0.753. The minimum atomic E-state index is -0.469. The molecule has 0 amide bonds. The fourth-order valence-corrected chi connectivity index (χ4v) is 2.29. The SMILES string of the molecule is Cc1ccc(C(=O)c2ccc3ccccc3c2)c(F)c1. The predicted octanol–water partition coefficient (Wildman–Crippen LogP) is 4.52. The van der Waals surface area contributed by atoms with Crippen LogP contribution in [-0.4, -0.2) is 5.78 Å². The van der Waals surface area contributed by atoms with E-state index in [1.54, 1.807) is 31.2 Å². The van der Waals surface area contributed by atoms with E-state index in [-0.39, 0.29) is 11.3 Å². The molecule has 0 aliphatic carbocycles. The number of fused-ring (bicyclic) bond motifs is 1. The van der Waals surface area contributed by atoms with Crippen molar-refractivity contribution < 1.29 is 9.18 Å². The van der Waals surface area contributed by atoms with Gasteiger partial charge in [0.2, 0.25) is 0 Å². The topological polar surface area (TPSA) is 17.1 Å². The van der Waals surface area contributed by atoms with Crippen LogP contribution in [0.25, 0.3) is 10.8 Å². The van der Waals surface area contributed by atoms with Crippen molar-refractivity contribution in [2.75, 3.05) is 0 Å². The van der Waals surface area contributed by atoms with Gasteiger partial charge in [-0.25, -0.2) is 4.39 Å². The highest BCUT2D eigenvalue weighted by molar-refractivity contribution is 6.10. The average Bonchev–Trinajstić information content (AvgIpc) is 2.46. The van der Waals surface area contributed by atoms with Crippen molar-refractivity contribution in [1.29, 1.82) is 0 Å². The number of carbonyl (C=O) groups is 1. The third kappa shape index (κ3) is 2.21. The van der Waals surface area contributed by atoms with Gasteiger partial charge in [0.1, 0.15) is 5.82 Å². The van der Waals surface area contributed by atoms with Crippen LogP contribution < -0.4 is 0 Å². The van der Waals surface area contributed by atoms with E-state index in [2.05, 4.69) is 0 Å². The molecule has 0 aliphatic rings. The quantitative estimate of drug-likeness (QED) is 0.622. The van der Waals surface area contributed by atoms with Crippen LogP contribution in [0.15, 0.2) is 60.7 Å². The van der Waals surface area contributed by atoms with E-state index in [1.807, 2.05) is 30.3 Å². The normalized spacial score (nSPS) is 10.7. The summed E-state index contributed by atoms with van der Waals surface area (Å²) in [5, 5.41) is 2.04. The summed E-state index contributed by atoms with van der Waals surface area (Å²) in [6.07, 6.45) is 0. The zero-order chi connectivity index (χ0) is 14.1. The summed E-state index contributed by atoms with van der Waals surface area (Å²) in [6, 6.07) is 17.9. The van der Waals surface area contributed by atoms with Crippen LogP contribution in [0.4, 0.5) is 4.39 Å². The molecule has 0 heterocycles. The first kappa shape index (κ1) is 12.5. The van der Waals surface area contributed by atoms with Gasteiger partial charge in [-0.2, -0.15) is 0 Å². The van der Waals surface area contributed by atoms with Crippen molar-refractivity contribution in [3.63, 3.8) is 0 Å². The number of hydrogen-bond donors (Lipinski definition) is 0. The van der Waals surface area contributed by atoms with E-state index >= 15 is 0 Å². The van der Waals surface area contributed by atoms with E-state index in [4.69, 9.17) is 0 Å². The van der Waals surface area contributed by atoms with Gasteiger partial charge in [0.05, 0.1) is 5.56 Å². The van der Waals surface area contributed by atoms with Gasteiger partial charge in [-0.15, -0.1) is 0 Å². The second kappa shape index (κ2) is 4.89. The van der Waals surface area contributed by atoms with E-state index in [1.165, 1.54) is 6.07 Å². The second-order valence-corrected chi connectivity index (χ2v) is 4.87. The standard InChI is InChI=1S/C18H13FO/c1-12-6-9-16(17(19)10-12)18(20)15-8-7-13-4-2-3-5-14(13)11-15/h2-11H,1H3.